The number of pyridine rings is 1. The molecule has 1 unspecified atom stereocenters. The number of benzene rings is 2. The van der Waals surface area contributed by atoms with E-state index < -0.39 is 30.3 Å². The number of ether oxygens (including phenoxy) is 2. The standard InChI is InChI=1S/C35H36Cl2F3N5O6/c1-41-33(48)28(4-2-12-46)45-19-25-23(15-22(38)16-24(25)34(45)49)20-7-10-44(11-8-20)9-3-13-50-30-14-21(5-6-29(30)51-35(39)40)32(47)43-31-26(36)17-42-18-27(31)37/h5-6,12,14-18,20,28,35H,2-4,7-11,13,19H2,1H3,(H,41,48)(H,42,43,47). The number of carbonyl (C=O) groups excluding carboxylic acids is 4. The van der Waals surface area contributed by atoms with E-state index in [1.807, 2.05) is 0 Å². The minimum absolute atomic E-state index is 0.0111. The molecule has 0 bridgehead atoms. The molecule has 3 amide bonds. The molecule has 3 aromatic rings. The van der Waals surface area contributed by atoms with E-state index in [1.54, 1.807) is 0 Å². The maximum absolute atomic E-state index is 14.8. The number of fused-ring (bicyclic) bond motifs is 1. The smallest absolute Gasteiger partial charge is 0.387 e. The van der Waals surface area contributed by atoms with Gasteiger partial charge in [-0.05, 0) is 86.1 Å². The molecule has 0 aliphatic carbocycles. The van der Waals surface area contributed by atoms with Crippen LogP contribution in [0.25, 0.3) is 0 Å². The molecule has 0 spiro atoms. The van der Waals surface area contributed by atoms with Gasteiger partial charge in [0.1, 0.15) is 18.1 Å². The number of hydrogen-bond donors (Lipinski definition) is 2. The van der Waals surface area contributed by atoms with Gasteiger partial charge in [0.05, 0.1) is 22.3 Å². The fourth-order valence-corrected chi connectivity index (χ4v) is 6.93. The Morgan fingerprint density at radius 3 is 2.49 bits per heavy atom. The third kappa shape index (κ3) is 9.10. The number of likely N-dealkylation sites (tertiary alicyclic amines) is 1. The van der Waals surface area contributed by atoms with Crippen LogP contribution < -0.4 is 20.1 Å². The first-order valence-electron chi connectivity index (χ1n) is 16.3. The second-order valence-electron chi connectivity index (χ2n) is 12.1. The molecule has 0 radical (unpaired) electrons. The fraction of sp³-hybridized carbons (Fsp3) is 0.400. The molecule has 2 aliphatic heterocycles. The lowest BCUT2D eigenvalue weighted by atomic mass is 9.85. The van der Waals surface area contributed by atoms with Crippen LogP contribution in [0.2, 0.25) is 10.0 Å². The number of alkyl halides is 2. The zero-order valence-corrected chi connectivity index (χ0v) is 29.1. The fourth-order valence-electron chi connectivity index (χ4n) is 6.47. The highest BCUT2D eigenvalue weighted by Gasteiger charge is 2.38. The molecule has 2 aromatic carbocycles. The number of aromatic nitrogens is 1. The Morgan fingerprint density at radius 2 is 1.82 bits per heavy atom. The van der Waals surface area contributed by atoms with Crippen LogP contribution in [0.5, 0.6) is 11.5 Å². The van der Waals surface area contributed by atoms with Crippen molar-refractivity contribution in [3.63, 3.8) is 0 Å². The quantitative estimate of drug-likeness (QED) is 0.141. The highest BCUT2D eigenvalue weighted by molar-refractivity contribution is 6.39. The number of carbonyl (C=O) groups is 4. The van der Waals surface area contributed by atoms with Gasteiger partial charge in [0, 0.05) is 50.1 Å². The highest BCUT2D eigenvalue weighted by atomic mass is 35.5. The summed E-state index contributed by atoms with van der Waals surface area (Å²) >= 11 is 12.2. The van der Waals surface area contributed by atoms with Crippen molar-refractivity contribution in [2.75, 3.05) is 38.6 Å². The lowest BCUT2D eigenvalue weighted by Crippen LogP contribution is -2.46. The lowest BCUT2D eigenvalue weighted by Gasteiger charge is -2.33. The Labute approximate surface area is 302 Å². The number of nitrogens with zero attached hydrogens (tertiary/aromatic N) is 3. The first-order valence-corrected chi connectivity index (χ1v) is 17.1. The number of aldehydes is 1. The summed E-state index contributed by atoms with van der Waals surface area (Å²) in [5.41, 5.74) is 1.94. The molecule has 0 saturated carbocycles. The van der Waals surface area contributed by atoms with E-state index in [2.05, 4.69) is 25.3 Å². The number of rotatable bonds is 15. The van der Waals surface area contributed by atoms with E-state index in [4.69, 9.17) is 27.9 Å². The predicted molar refractivity (Wildman–Crippen MR) is 183 cm³/mol. The number of nitrogens with one attached hydrogen (secondary N) is 2. The number of hydrogen-bond acceptors (Lipinski definition) is 8. The van der Waals surface area contributed by atoms with Gasteiger partial charge in [-0.2, -0.15) is 8.78 Å². The van der Waals surface area contributed by atoms with Crippen molar-refractivity contribution in [1.82, 2.24) is 20.1 Å². The summed E-state index contributed by atoms with van der Waals surface area (Å²) in [7, 11) is 1.46. The summed E-state index contributed by atoms with van der Waals surface area (Å²) < 4.78 is 51.5. The summed E-state index contributed by atoms with van der Waals surface area (Å²) in [5, 5.41) is 5.38. The van der Waals surface area contributed by atoms with Gasteiger partial charge in [-0.1, -0.05) is 23.2 Å². The van der Waals surface area contributed by atoms with Gasteiger partial charge >= 0.3 is 6.61 Å². The third-order valence-corrected chi connectivity index (χ3v) is 9.54. The van der Waals surface area contributed by atoms with Gasteiger partial charge in [0.15, 0.2) is 11.5 Å². The monoisotopic (exact) mass is 749 g/mol. The van der Waals surface area contributed by atoms with Crippen molar-refractivity contribution < 1.29 is 41.8 Å². The summed E-state index contributed by atoms with van der Waals surface area (Å²) in [6.45, 7) is -0.827. The van der Waals surface area contributed by atoms with E-state index in [0.29, 0.717) is 50.7 Å². The van der Waals surface area contributed by atoms with Gasteiger partial charge < -0.3 is 34.7 Å². The molecule has 1 saturated heterocycles. The molecule has 51 heavy (non-hydrogen) atoms. The molecule has 2 aliphatic rings. The summed E-state index contributed by atoms with van der Waals surface area (Å²) in [6.07, 6.45) is 5.52. The summed E-state index contributed by atoms with van der Waals surface area (Å²) in [4.78, 5) is 57.3. The first kappa shape index (κ1) is 37.8. The van der Waals surface area contributed by atoms with Crippen LogP contribution in [0.4, 0.5) is 18.9 Å². The summed E-state index contributed by atoms with van der Waals surface area (Å²) in [5.74, 6) is -2.23. The van der Waals surface area contributed by atoms with Crippen LogP contribution in [0.1, 0.15) is 69.9 Å². The van der Waals surface area contributed by atoms with Crippen molar-refractivity contribution in [1.29, 1.82) is 0 Å². The van der Waals surface area contributed by atoms with Gasteiger partial charge in [0.2, 0.25) is 5.91 Å². The molecule has 3 heterocycles. The molecule has 2 N–H and O–H groups in total. The van der Waals surface area contributed by atoms with Crippen LogP contribution in [0, 0.1) is 5.82 Å². The van der Waals surface area contributed by atoms with Crippen molar-refractivity contribution in [3.05, 3.63) is 80.8 Å². The van der Waals surface area contributed by atoms with E-state index in [1.165, 1.54) is 54.7 Å². The lowest BCUT2D eigenvalue weighted by molar-refractivity contribution is -0.125. The molecule has 11 nitrogen and oxygen atoms in total. The molecule has 16 heteroatoms. The maximum atomic E-state index is 14.8. The van der Waals surface area contributed by atoms with Gasteiger partial charge in [-0.3, -0.25) is 19.4 Å². The Kier molecular flexibility index (Phi) is 12.8. The Morgan fingerprint density at radius 1 is 1.10 bits per heavy atom. The second kappa shape index (κ2) is 17.2. The molecule has 1 atom stereocenters. The number of likely N-dealkylation sites (N-methyl/N-ethyl adjacent to an activating group) is 1. The van der Waals surface area contributed by atoms with Crippen molar-refractivity contribution >= 4 is 52.9 Å². The predicted octanol–water partition coefficient (Wildman–Crippen LogP) is 6.08. The van der Waals surface area contributed by atoms with E-state index in [0.717, 1.165) is 5.56 Å². The normalized spacial score (nSPS) is 15.4. The Hall–Kier alpha value is -4.40. The average Bonchev–Trinajstić information content (AvgIpc) is 3.43. The van der Waals surface area contributed by atoms with E-state index >= 15 is 0 Å². The van der Waals surface area contributed by atoms with Crippen molar-refractivity contribution in [3.8, 4) is 11.5 Å². The van der Waals surface area contributed by atoms with Crippen molar-refractivity contribution in [2.45, 2.75) is 57.2 Å². The van der Waals surface area contributed by atoms with Crippen LogP contribution in [-0.2, 0) is 16.1 Å². The van der Waals surface area contributed by atoms with E-state index in [-0.39, 0.29) is 76.2 Å². The third-order valence-electron chi connectivity index (χ3n) is 8.97. The zero-order chi connectivity index (χ0) is 36.7. The molecule has 1 fully saturated rings. The molecule has 272 valence electrons. The molecular formula is C35H36Cl2F3N5O6. The number of halogens is 5. The Balaban J connectivity index is 1.18. The minimum Gasteiger partial charge on any atom is -0.490 e. The van der Waals surface area contributed by atoms with Crippen LogP contribution >= 0.6 is 23.2 Å². The SMILES string of the molecule is CNC(=O)C(CCC=O)N1Cc2c(cc(F)cc2C2CCN(CCCOc3cc(C(=O)Nc4c(Cl)cncc4Cl)ccc3OC(F)F)CC2)C1=O. The maximum Gasteiger partial charge on any atom is 0.387 e. The first-order chi connectivity index (χ1) is 24.5. The van der Waals surface area contributed by atoms with Crippen molar-refractivity contribution in [2.24, 2.45) is 0 Å². The van der Waals surface area contributed by atoms with Crippen LogP contribution in [-0.4, -0.2) is 84.7 Å². The molecule has 5 rings (SSSR count). The second-order valence-corrected chi connectivity index (χ2v) is 12.9. The highest BCUT2D eigenvalue weighted by Crippen LogP contribution is 2.38. The van der Waals surface area contributed by atoms with Gasteiger partial charge in [0.25, 0.3) is 11.8 Å². The zero-order valence-electron chi connectivity index (χ0n) is 27.6. The van der Waals surface area contributed by atoms with E-state index in [9.17, 15) is 32.3 Å². The number of anilines is 1. The average molecular weight is 751 g/mol. The largest absolute Gasteiger partial charge is 0.490 e. The number of piperidine rings is 1. The minimum atomic E-state index is -3.11. The van der Waals surface area contributed by atoms with Gasteiger partial charge in [-0.25, -0.2) is 4.39 Å². The molecular weight excluding hydrogens is 714 g/mol. The van der Waals surface area contributed by atoms with Crippen LogP contribution in [0.15, 0.2) is 42.7 Å². The van der Waals surface area contributed by atoms with Crippen LogP contribution in [0.3, 0.4) is 0 Å². The summed E-state index contributed by atoms with van der Waals surface area (Å²) in [6, 6.07) is 5.66. The molecule has 1 aromatic heterocycles. The van der Waals surface area contributed by atoms with Gasteiger partial charge in [-0.15, -0.1) is 0 Å². The topological polar surface area (TPSA) is 130 Å². The Bertz CT molecular complexity index is 1760. The number of amides is 3.